The summed E-state index contributed by atoms with van der Waals surface area (Å²) < 4.78 is -0.614. The maximum Gasteiger partial charge on any atom is 0.240 e. The summed E-state index contributed by atoms with van der Waals surface area (Å²) >= 11 is 3.30. The highest BCUT2D eigenvalue weighted by Gasteiger charge is 2.23. The maximum absolute atomic E-state index is 11.8. The van der Waals surface area contributed by atoms with Gasteiger partial charge in [-0.3, -0.25) is 9.59 Å². The van der Waals surface area contributed by atoms with Crippen LogP contribution in [0, 0.1) is 5.92 Å². The number of alkyl halides is 1. The topological polar surface area (TPSA) is 58.2 Å². The van der Waals surface area contributed by atoms with Crippen molar-refractivity contribution in [1.82, 2.24) is 0 Å². The van der Waals surface area contributed by atoms with Gasteiger partial charge in [0.2, 0.25) is 11.8 Å². The Kier molecular flexibility index (Phi) is 5.74. The SMILES string of the molecule is CC(C)CC(=O)Nc1ccc(NC(=O)C(C)(C)Br)cc1. The fraction of sp³-hybridized carbons (Fsp3) is 0.467. The smallest absolute Gasteiger partial charge is 0.240 e. The average Bonchev–Trinajstić information content (AvgIpc) is 2.29. The number of carbonyl (C=O) groups is 2. The van der Waals surface area contributed by atoms with Crippen LogP contribution in [0.25, 0.3) is 0 Å². The van der Waals surface area contributed by atoms with Gasteiger partial charge < -0.3 is 10.6 Å². The molecule has 0 fully saturated rings. The number of hydrogen-bond donors (Lipinski definition) is 2. The summed E-state index contributed by atoms with van der Waals surface area (Å²) in [5.74, 6) is 0.210. The van der Waals surface area contributed by atoms with Crippen molar-refractivity contribution >= 4 is 39.1 Å². The molecule has 1 aromatic carbocycles. The Morgan fingerprint density at radius 3 is 1.95 bits per heavy atom. The van der Waals surface area contributed by atoms with Crippen LogP contribution in [0.15, 0.2) is 24.3 Å². The molecule has 0 unspecified atom stereocenters. The van der Waals surface area contributed by atoms with Crippen molar-refractivity contribution < 1.29 is 9.59 Å². The molecule has 1 aromatic rings. The van der Waals surface area contributed by atoms with E-state index in [1.165, 1.54) is 0 Å². The van der Waals surface area contributed by atoms with Gasteiger partial charge in [-0.1, -0.05) is 29.8 Å². The second kappa shape index (κ2) is 6.88. The highest BCUT2D eigenvalue weighted by molar-refractivity contribution is 9.10. The molecule has 0 radical (unpaired) electrons. The molecule has 0 aliphatic rings. The summed E-state index contributed by atoms with van der Waals surface area (Å²) in [5, 5.41) is 5.62. The largest absolute Gasteiger partial charge is 0.326 e. The van der Waals surface area contributed by atoms with Crippen molar-refractivity contribution in [3.63, 3.8) is 0 Å². The predicted molar refractivity (Wildman–Crippen MR) is 86.2 cm³/mol. The number of anilines is 2. The molecule has 0 bridgehead atoms. The van der Waals surface area contributed by atoms with Gasteiger partial charge in [-0.05, 0) is 44.0 Å². The molecular weight excluding hydrogens is 320 g/mol. The van der Waals surface area contributed by atoms with Crippen LogP contribution in [0.5, 0.6) is 0 Å². The normalized spacial score (nSPS) is 11.3. The highest BCUT2D eigenvalue weighted by Crippen LogP contribution is 2.20. The van der Waals surface area contributed by atoms with Crippen LogP contribution in [0.1, 0.15) is 34.1 Å². The van der Waals surface area contributed by atoms with Gasteiger partial charge in [0.1, 0.15) is 0 Å². The number of nitrogens with one attached hydrogen (secondary N) is 2. The molecule has 2 amide bonds. The van der Waals surface area contributed by atoms with Crippen LogP contribution in [0.2, 0.25) is 0 Å². The van der Waals surface area contributed by atoms with E-state index in [0.717, 1.165) is 5.69 Å². The third-order valence-corrected chi connectivity index (χ3v) is 2.92. The Morgan fingerprint density at radius 1 is 1.10 bits per heavy atom. The van der Waals surface area contributed by atoms with Gasteiger partial charge in [-0.2, -0.15) is 0 Å². The van der Waals surface area contributed by atoms with E-state index in [0.29, 0.717) is 18.0 Å². The maximum atomic E-state index is 11.8. The Morgan fingerprint density at radius 2 is 1.55 bits per heavy atom. The first-order chi connectivity index (χ1) is 9.18. The van der Waals surface area contributed by atoms with Crippen molar-refractivity contribution in [3.8, 4) is 0 Å². The Labute approximate surface area is 128 Å². The summed E-state index contributed by atoms with van der Waals surface area (Å²) in [5.41, 5.74) is 1.43. The first-order valence-corrected chi connectivity index (χ1v) is 7.38. The van der Waals surface area contributed by atoms with Gasteiger partial charge in [-0.15, -0.1) is 0 Å². The van der Waals surface area contributed by atoms with E-state index < -0.39 is 4.32 Å². The van der Waals surface area contributed by atoms with Crippen LogP contribution >= 0.6 is 15.9 Å². The zero-order chi connectivity index (χ0) is 15.3. The number of rotatable bonds is 5. The first-order valence-electron chi connectivity index (χ1n) is 6.59. The third-order valence-electron chi connectivity index (χ3n) is 2.56. The number of benzene rings is 1. The second-order valence-electron chi connectivity index (χ2n) is 5.65. The van der Waals surface area contributed by atoms with Crippen molar-refractivity contribution in [1.29, 1.82) is 0 Å². The van der Waals surface area contributed by atoms with E-state index in [1.54, 1.807) is 38.1 Å². The Bertz CT molecular complexity index is 476. The fourth-order valence-corrected chi connectivity index (χ4v) is 1.60. The molecule has 20 heavy (non-hydrogen) atoms. The molecule has 5 heteroatoms. The van der Waals surface area contributed by atoms with E-state index in [4.69, 9.17) is 0 Å². The molecule has 1 rings (SSSR count). The average molecular weight is 341 g/mol. The molecule has 0 aromatic heterocycles. The lowest BCUT2D eigenvalue weighted by atomic mass is 10.1. The zero-order valence-electron chi connectivity index (χ0n) is 12.3. The van der Waals surface area contributed by atoms with E-state index in [2.05, 4.69) is 26.6 Å². The molecule has 0 aliphatic carbocycles. The molecular formula is C15H21BrN2O2. The zero-order valence-corrected chi connectivity index (χ0v) is 13.9. The molecule has 0 saturated heterocycles. The molecule has 0 aliphatic heterocycles. The van der Waals surface area contributed by atoms with Crippen molar-refractivity contribution in [2.24, 2.45) is 5.92 Å². The molecule has 4 nitrogen and oxygen atoms in total. The summed E-state index contributed by atoms with van der Waals surface area (Å²) in [7, 11) is 0. The summed E-state index contributed by atoms with van der Waals surface area (Å²) in [6.45, 7) is 7.56. The van der Waals surface area contributed by atoms with Crippen molar-refractivity contribution in [3.05, 3.63) is 24.3 Å². The molecule has 0 saturated carbocycles. The number of amides is 2. The number of carbonyl (C=O) groups excluding carboxylic acids is 2. The monoisotopic (exact) mass is 340 g/mol. The van der Waals surface area contributed by atoms with Crippen LogP contribution in [-0.2, 0) is 9.59 Å². The fourth-order valence-electron chi connectivity index (χ4n) is 1.50. The lowest BCUT2D eigenvalue weighted by molar-refractivity contribution is -0.118. The number of halogens is 1. The van der Waals surface area contributed by atoms with Crippen LogP contribution in [0.3, 0.4) is 0 Å². The van der Waals surface area contributed by atoms with E-state index in [1.807, 2.05) is 13.8 Å². The lowest BCUT2D eigenvalue weighted by Crippen LogP contribution is -2.30. The minimum Gasteiger partial charge on any atom is -0.326 e. The first kappa shape index (κ1) is 16.7. The number of hydrogen-bond acceptors (Lipinski definition) is 2. The molecule has 110 valence electrons. The summed E-state index contributed by atoms with van der Waals surface area (Å²) in [4.78, 5) is 23.4. The highest BCUT2D eigenvalue weighted by atomic mass is 79.9. The van der Waals surface area contributed by atoms with E-state index >= 15 is 0 Å². The van der Waals surface area contributed by atoms with Gasteiger partial charge in [0.15, 0.2) is 0 Å². The summed E-state index contributed by atoms with van der Waals surface area (Å²) in [6.07, 6.45) is 0.496. The minimum atomic E-state index is -0.614. The van der Waals surface area contributed by atoms with Gasteiger partial charge in [0.25, 0.3) is 0 Å². The van der Waals surface area contributed by atoms with Gasteiger partial charge in [0.05, 0.1) is 4.32 Å². The summed E-state index contributed by atoms with van der Waals surface area (Å²) in [6, 6.07) is 7.08. The molecule has 0 atom stereocenters. The molecule has 0 spiro atoms. The standard InChI is InChI=1S/C15H21BrN2O2/c1-10(2)9-13(19)17-11-5-7-12(8-6-11)18-14(20)15(3,4)16/h5-8,10H,9H2,1-4H3,(H,17,19)(H,18,20). The third kappa shape index (κ3) is 5.74. The lowest BCUT2D eigenvalue weighted by Gasteiger charge is -2.16. The molecule has 0 heterocycles. The van der Waals surface area contributed by atoms with Gasteiger partial charge in [0, 0.05) is 17.8 Å². The molecule has 2 N–H and O–H groups in total. The van der Waals surface area contributed by atoms with Crippen LogP contribution < -0.4 is 10.6 Å². The van der Waals surface area contributed by atoms with Crippen molar-refractivity contribution in [2.45, 2.75) is 38.4 Å². The van der Waals surface area contributed by atoms with Gasteiger partial charge >= 0.3 is 0 Å². The minimum absolute atomic E-state index is 0.00150. The quantitative estimate of drug-likeness (QED) is 0.801. The predicted octanol–water partition coefficient (Wildman–Crippen LogP) is 3.78. The van der Waals surface area contributed by atoms with E-state index in [9.17, 15) is 9.59 Å². The van der Waals surface area contributed by atoms with Crippen LogP contribution in [0.4, 0.5) is 11.4 Å². The second-order valence-corrected chi connectivity index (χ2v) is 7.63. The van der Waals surface area contributed by atoms with Crippen molar-refractivity contribution in [2.75, 3.05) is 10.6 Å². The van der Waals surface area contributed by atoms with E-state index in [-0.39, 0.29) is 11.8 Å². The van der Waals surface area contributed by atoms with Crippen LogP contribution in [-0.4, -0.2) is 16.1 Å². The Balaban J connectivity index is 2.61. The Hall–Kier alpha value is -1.36. The van der Waals surface area contributed by atoms with Gasteiger partial charge in [-0.25, -0.2) is 0 Å².